The summed E-state index contributed by atoms with van der Waals surface area (Å²) in [6, 6.07) is 6.89. The maximum atomic E-state index is 12.7. The van der Waals surface area contributed by atoms with Crippen molar-refractivity contribution in [1.29, 1.82) is 5.41 Å². The fraction of sp³-hybridized carbons (Fsp3) is 0.423. The number of aromatic nitrogens is 4. The normalized spacial score (nSPS) is 16.4. The third kappa shape index (κ3) is 7.68. The first kappa shape index (κ1) is 28.8. The first-order chi connectivity index (χ1) is 18.8. The van der Waals surface area contributed by atoms with Crippen LogP contribution in [0.5, 0.6) is 0 Å². The van der Waals surface area contributed by atoms with Crippen molar-refractivity contribution in [1.82, 2.24) is 24.6 Å². The van der Waals surface area contributed by atoms with Gasteiger partial charge in [0, 0.05) is 49.4 Å². The number of carbonyl (C=O) groups is 1. The lowest BCUT2D eigenvalue weighted by atomic mass is 10.1. The zero-order valence-corrected chi connectivity index (χ0v) is 22.3. The van der Waals surface area contributed by atoms with Gasteiger partial charge in [0.25, 0.3) is 0 Å². The van der Waals surface area contributed by atoms with E-state index in [9.17, 15) is 23.1 Å². The molecule has 11 nitrogen and oxygen atoms in total. The molecule has 1 amide bonds. The van der Waals surface area contributed by atoms with Crippen LogP contribution in [0.3, 0.4) is 0 Å². The molecule has 1 fully saturated rings. The molecule has 4 heterocycles. The monoisotopic (exact) mass is 560 g/mol. The highest BCUT2D eigenvalue weighted by molar-refractivity contribution is 5.88. The Bertz CT molecular complexity index is 1360. The zero-order valence-electron chi connectivity index (χ0n) is 22.3. The summed E-state index contributed by atoms with van der Waals surface area (Å²) in [6.45, 7) is 5.26. The van der Waals surface area contributed by atoms with Gasteiger partial charge in [0.2, 0.25) is 0 Å². The van der Waals surface area contributed by atoms with Crippen molar-refractivity contribution in [2.75, 3.05) is 36.4 Å². The first-order valence-electron chi connectivity index (χ1n) is 12.5. The third-order valence-corrected chi connectivity index (χ3v) is 5.84. The van der Waals surface area contributed by atoms with Gasteiger partial charge in [-0.1, -0.05) is 6.07 Å². The highest BCUT2D eigenvalue weighted by Gasteiger charge is 2.29. The van der Waals surface area contributed by atoms with Crippen molar-refractivity contribution in [3.8, 4) is 11.3 Å². The number of hydrogen-bond acceptors (Lipinski definition) is 9. The van der Waals surface area contributed by atoms with Crippen LogP contribution in [0.25, 0.3) is 11.3 Å². The minimum Gasteiger partial charge on any atom is -0.444 e. The van der Waals surface area contributed by atoms with Gasteiger partial charge in [0.1, 0.15) is 23.8 Å². The first-order valence-corrected chi connectivity index (χ1v) is 12.5. The molecule has 14 heteroatoms. The molecule has 0 saturated carbocycles. The minimum atomic E-state index is -4.40. The van der Waals surface area contributed by atoms with Crippen molar-refractivity contribution in [2.45, 2.75) is 45.2 Å². The van der Waals surface area contributed by atoms with Gasteiger partial charge in [0.05, 0.1) is 30.2 Å². The molecule has 3 aromatic rings. The number of carbonyl (C=O) groups excluding carboxylic acids is 1. The van der Waals surface area contributed by atoms with Crippen LogP contribution in [0.2, 0.25) is 0 Å². The number of nitrogens with one attached hydrogen (secondary N) is 2. The van der Waals surface area contributed by atoms with Gasteiger partial charge in [0.15, 0.2) is 0 Å². The van der Waals surface area contributed by atoms with Crippen LogP contribution >= 0.6 is 0 Å². The van der Waals surface area contributed by atoms with E-state index in [2.05, 4.69) is 20.4 Å². The van der Waals surface area contributed by atoms with Gasteiger partial charge in [-0.25, -0.2) is 9.78 Å². The van der Waals surface area contributed by atoms with Gasteiger partial charge in [-0.2, -0.15) is 18.3 Å². The number of anilines is 3. The van der Waals surface area contributed by atoms with Gasteiger partial charge >= 0.3 is 12.3 Å². The Balaban J connectivity index is 1.51. The smallest absolute Gasteiger partial charge is 0.410 e. The zero-order chi connectivity index (χ0) is 29.1. The standard InChI is InChI=1S/C26H31F3N8O3/c1-25(2,3)40-24(39)36-8-7-35(14-19(38)15-36)23-6-4-5-22(34-23)33-21-9-20(31-11-17(21)10-30)18-12-32-37(13-18)16-26(27,28)29/h4-6,9-13,19,30,38H,7-8,14-16H2,1-3H3,(H,31,33,34). The van der Waals surface area contributed by atoms with Crippen LogP contribution in [-0.4, -0.2) is 86.1 Å². The second-order valence-electron chi connectivity index (χ2n) is 10.4. The highest BCUT2D eigenvalue weighted by Crippen LogP contribution is 2.27. The molecule has 4 rings (SSSR count). The maximum Gasteiger partial charge on any atom is 0.410 e. The van der Waals surface area contributed by atoms with Crippen LogP contribution in [0.4, 0.5) is 35.3 Å². The number of ether oxygens (including phenoxy) is 1. The van der Waals surface area contributed by atoms with Gasteiger partial charge in [-0.3, -0.25) is 9.67 Å². The number of amides is 1. The Labute approximate surface area is 229 Å². The molecule has 1 atom stereocenters. The van der Waals surface area contributed by atoms with Gasteiger partial charge < -0.3 is 30.4 Å². The van der Waals surface area contributed by atoms with Crippen molar-refractivity contribution in [3.05, 3.63) is 48.4 Å². The lowest BCUT2D eigenvalue weighted by Gasteiger charge is -2.27. The van der Waals surface area contributed by atoms with E-state index in [4.69, 9.17) is 10.1 Å². The molecule has 0 aromatic carbocycles. The maximum absolute atomic E-state index is 12.7. The second kappa shape index (κ2) is 11.5. The SMILES string of the molecule is CC(C)(C)OC(=O)N1CCN(c2cccc(Nc3cc(-c4cnn(CC(F)(F)F)c4)ncc3C=N)n2)CC(O)C1. The molecule has 1 unspecified atom stereocenters. The van der Waals surface area contributed by atoms with E-state index < -0.39 is 30.5 Å². The Kier molecular flexibility index (Phi) is 8.28. The molecule has 214 valence electrons. The number of rotatable bonds is 6. The van der Waals surface area contributed by atoms with E-state index in [0.29, 0.717) is 47.2 Å². The van der Waals surface area contributed by atoms with Crippen molar-refractivity contribution >= 4 is 29.6 Å². The highest BCUT2D eigenvalue weighted by atomic mass is 19.4. The van der Waals surface area contributed by atoms with E-state index in [1.165, 1.54) is 23.5 Å². The van der Waals surface area contributed by atoms with E-state index in [-0.39, 0.29) is 13.1 Å². The van der Waals surface area contributed by atoms with Crippen molar-refractivity contribution in [3.63, 3.8) is 0 Å². The predicted octanol–water partition coefficient (Wildman–Crippen LogP) is 4.06. The molecule has 1 saturated heterocycles. The summed E-state index contributed by atoms with van der Waals surface area (Å²) in [6.07, 6.45) is -0.618. The molecular weight excluding hydrogens is 529 g/mol. The molecule has 1 aliphatic rings. The number of pyridine rings is 2. The summed E-state index contributed by atoms with van der Waals surface area (Å²) in [5.74, 6) is 1.00. The number of hydrogen-bond donors (Lipinski definition) is 3. The number of β-amino-alcohol motifs (C(OH)–C–C–N with tert-alkyl or cyclic N) is 1. The molecular formula is C26H31F3N8O3. The summed E-state index contributed by atoms with van der Waals surface area (Å²) >= 11 is 0. The topological polar surface area (TPSA) is 132 Å². The van der Waals surface area contributed by atoms with Crippen molar-refractivity contribution < 1.29 is 27.8 Å². The quantitative estimate of drug-likeness (QED) is 0.385. The van der Waals surface area contributed by atoms with E-state index >= 15 is 0 Å². The molecule has 1 aliphatic heterocycles. The summed E-state index contributed by atoms with van der Waals surface area (Å²) in [7, 11) is 0. The van der Waals surface area contributed by atoms with Crippen molar-refractivity contribution in [2.24, 2.45) is 0 Å². The summed E-state index contributed by atoms with van der Waals surface area (Å²) in [4.78, 5) is 24.8. The second-order valence-corrected chi connectivity index (χ2v) is 10.4. The average molecular weight is 561 g/mol. The number of aliphatic hydroxyl groups excluding tert-OH is 1. The van der Waals surface area contributed by atoms with Crippen LogP contribution in [-0.2, 0) is 11.3 Å². The molecule has 0 radical (unpaired) electrons. The van der Waals surface area contributed by atoms with Crippen LogP contribution < -0.4 is 10.2 Å². The Hall–Kier alpha value is -4.20. The Morgan fingerprint density at radius 2 is 2.00 bits per heavy atom. The summed E-state index contributed by atoms with van der Waals surface area (Å²) in [5.41, 5.74) is 1.02. The Morgan fingerprint density at radius 1 is 1.23 bits per heavy atom. The fourth-order valence-electron chi connectivity index (χ4n) is 4.11. The molecule has 3 aromatic heterocycles. The summed E-state index contributed by atoms with van der Waals surface area (Å²) < 4.78 is 44.4. The van der Waals surface area contributed by atoms with Crippen LogP contribution in [0.15, 0.2) is 42.9 Å². The molecule has 0 spiro atoms. The minimum absolute atomic E-state index is 0.130. The van der Waals surface area contributed by atoms with Gasteiger partial charge in [-0.05, 0) is 39.0 Å². The van der Waals surface area contributed by atoms with E-state index in [0.717, 1.165) is 10.9 Å². The number of nitrogens with zero attached hydrogens (tertiary/aromatic N) is 6. The Morgan fingerprint density at radius 3 is 2.70 bits per heavy atom. The number of aliphatic hydroxyl groups is 1. The van der Waals surface area contributed by atoms with Gasteiger partial charge in [-0.15, -0.1) is 0 Å². The molecule has 3 N–H and O–H groups in total. The lowest BCUT2D eigenvalue weighted by Crippen LogP contribution is -2.41. The molecule has 0 bridgehead atoms. The number of alkyl halides is 3. The molecule has 40 heavy (non-hydrogen) atoms. The fourth-order valence-corrected chi connectivity index (χ4v) is 4.11. The largest absolute Gasteiger partial charge is 0.444 e. The van der Waals surface area contributed by atoms with Crippen LogP contribution in [0.1, 0.15) is 26.3 Å². The number of halogens is 3. The van der Waals surface area contributed by atoms with E-state index in [1.54, 1.807) is 45.0 Å². The lowest BCUT2D eigenvalue weighted by molar-refractivity contribution is -0.142. The summed E-state index contributed by atoms with van der Waals surface area (Å²) in [5, 5.41) is 25.2. The molecule has 0 aliphatic carbocycles. The van der Waals surface area contributed by atoms with E-state index in [1.807, 2.05) is 4.90 Å². The van der Waals surface area contributed by atoms with Crippen LogP contribution in [0, 0.1) is 5.41 Å². The average Bonchev–Trinajstić information content (AvgIpc) is 3.21. The third-order valence-electron chi connectivity index (χ3n) is 5.84. The predicted molar refractivity (Wildman–Crippen MR) is 143 cm³/mol.